The third kappa shape index (κ3) is 2.51. The number of aromatic nitrogens is 2. The Balaban J connectivity index is 2.14. The Labute approximate surface area is 113 Å². The van der Waals surface area contributed by atoms with Crippen LogP contribution in [0.25, 0.3) is 0 Å². The van der Waals surface area contributed by atoms with Gasteiger partial charge in [-0.15, -0.1) is 0 Å². The molecule has 4 heteroatoms. The fourth-order valence-electron chi connectivity index (χ4n) is 2.25. The number of nitrogens with one attached hydrogen (secondary N) is 1. The van der Waals surface area contributed by atoms with Crippen molar-refractivity contribution in [3.05, 3.63) is 46.5 Å². The molecule has 18 heavy (non-hydrogen) atoms. The van der Waals surface area contributed by atoms with Gasteiger partial charge in [0.25, 0.3) is 0 Å². The van der Waals surface area contributed by atoms with Gasteiger partial charge in [0, 0.05) is 30.7 Å². The summed E-state index contributed by atoms with van der Waals surface area (Å²) in [6.07, 6.45) is 1.69. The van der Waals surface area contributed by atoms with Crippen molar-refractivity contribution in [1.82, 2.24) is 9.55 Å². The van der Waals surface area contributed by atoms with E-state index in [-0.39, 0.29) is 0 Å². The SMILES string of the molecule is CCn1c(C)cc(CNc2cccnc2Cl)c1C. The molecule has 96 valence electrons. The molecule has 0 aliphatic rings. The van der Waals surface area contributed by atoms with E-state index in [1.165, 1.54) is 17.0 Å². The molecule has 0 amide bonds. The van der Waals surface area contributed by atoms with Gasteiger partial charge in [-0.25, -0.2) is 4.98 Å². The maximum absolute atomic E-state index is 6.02. The molecular weight excluding hydrogens is 246 g/mol. The quantitative estimate of drug-likeness (QED) is 0.851. The van der Waals surface area contributed by atoms with Crippen LogP contribution in [0, 0.1) is 13.8 Å². The van der Waals surface area contributed by atoms with E-state index in [0.717, 1.165) is 18.8 Å². The molecule has 2 heterocycles. The first-order chi connectivity index (χ1) is 8.63. The van der Waals surface area contributed by atoms with Gasteiger partial charge < -0.3 is 9.88 Å². The highest BCUT2D eigenvalue weighted by molar-refractivity contribution is 6.31. The van der Waals surface area contributed by atoms with Gasteiger partial charge in [0.2, 0.25) is 0 Å². The first kappa shape index (κ1) is 13.0. The number of hydrogen-bond donors (Lipinski definition) is 1. The standard InChI is InChI=1S/C14H18ClN3/c1-4-18-10(2)8-12(11(18)3)9-17-13-6-5-7-16-14(13)15/h5-8,17H,4,9H2,1-3H3. The van der Waals surface area contributed by atoms with Crippen LogP contribution in [-0.4, -0.2) is 9.55 Å². The van der Waals surface area contributed by atoms with Crippen LogP contribution in [0.3, 0.4) is 0 Å². The molecule has 0 aliphatic heterocycles. The van der Waals surface area contributed by atoms with Gasteiger partial charge in [0.15, 0.2) is 5.15 Å². The molecule has 0 aromatic carbocycles. The highest BCUT2D eigenvalue weighted by Gasteiger charge is 2.08. The fraction of sp³-hybridized carbons (Fsp3) is 0.357. The zero-order valence-corrected chi connectivity index (χ0v) is 11.8. The van der Waals surface area contributed by atoms with Crippen LogP contribution in [0.5, 0.6) is 0 Å². The number of hydrogen-bond acceptors (Lipinski definition) is 2. The van der Waals surface area contributed by atoms with Crippen molar-refractivity contribution in [2.24, 2.45) is 0 Å². The molecule has 3 nitrogen and oxygen atoms in total. The zero-order chi connectivity index (χ0) is 13.1. The number of aryl methyl sites for hydroxylation is 1. The summed E-state index contributed by atoms with van der Waals surface area (Å²) in [6, 6.07) is 6.04. The predicted octanol–water partition coefficient (Wildman–Crippen LogP) is 3.79. The monoisotopic (exact) mass is 263 g/mol. The van der Waals surface area contributed by atoms with Crippen molar-refractivity contribution in [2.75, 3.05) is 5.32 Å². The summed E-state index contributed by atoms with van der Waals surface area (Å²) in [6.45, 7) is 8.22. The van der Waals surface area contributed by atoms with Crippen LogP contribution in [0.2, 0.25) is 5.15 Å². The van der Waals surface area contributed by atoms with E-state index < -0.39 is 0 Å². The summed E-state index contributed by atoms with van der Waals surface area (Å²) in [5, 5.41) is 3.84. The second-order valence-corrected chi connectivity index (χ2v) is 4.69. The van der Waals surface area contributed by atoms with E-state index in [1.807, 2.05) is 12.1 Å². The van der Waals surface area contributed by atoms with E-state index in [9.17, 15) is 0 Å². The van der Waals surface area contributed by atoms with Gasteiger partial charge in [-0.2, -0.15) is 0 Å². The molecule has 0 aliphatic carbocycles. The minimum absolute atomic E-state index is 0.516. The highest BCUT2D eigenvalue weighted by atomic mass is 35.5. The summed E-state index contributed by atoms with van der Waals surface area (Å²) in [4.78, 5) is 4.05. The summed E-state index contributed by atoms with van der Waals surface area (Å²) in [7, 11) is 0. The van der Waals surface area contributed by atoms with Crippen LogP contribution in [0.15, 0.2) is 24.4 Å². The average molecular weight is 264 g/mol. The van der Waals surface area contributed by atoms with Gasteiger partial charge in [-0.1, -0.05) is 11.6 Å². The van der Waals surface area contributed by atoms with Crippen molar-refractivity contribution in [3.8, 4) is 0 Å². The van der Waals surface area contributed by atoms with Crippen LogP contribution in [0.4, 0.5) is 5.69 Å². The summed E-state index contributed by atoms with van der Waals surface area (Å²) >= 11 is 6.02. The third-order valence-electron chi connectivity index (χ3n) is 3.22. The molecule has 2 rings (SSSR count). The van der Waals surface area contributed by atoms with Gasteiger partial charge in [-0.3, -0.25) is 0 Å². The van der Waals surface area contributed by atoms with Crippen LogP contribution in [-0.2, 0) is 13.1 Å². The molecule has 0 saturated heterocycles. The van der Waals surface area contributed by atoms with E-state index in [1.54, 1.807) is 6.20 Å². The molecule has 0 unspecified atom stereocenters. The van der Waals surface area contributed by atoms with Gasteiger partial charge >= 0.3 is 0 Å². The minimum atomic E-state index is 0.516. The first-order valence-corrected chi connectivity index (χ1v) is 6.51. The summed E-state index contributed by atoms with van der Waals surface area (Å²) in [5.41, 5.74) is 4.78. The average Bonchev–Trinajstić information content (AvgIpc) is 2.63. The Morgan fingerprint density at radius 1 is 1.39 bits per heavy atom. The predicted molar refractivity (Wildman–Crippen MR) is 76.2 cm³/mol. The van der Waals surface area contributed by atoms with Crippen molar-refractivity contribution in [2.45, 2.75) is 33.9 Å². The lowest BCUT2D eigenvalue weighted by atomic mass is 10.2. The molecule has 0 spiro atoms. The molecule has 0 atom stereocenters. The van der Waals surface area contributed by atoms with Crippen molar-refractivity contribution >= 4 is 17.3 Å². The fourth-order valence-corrected chi connectivity index (χ4v) is 2.43. The first-order valence-electron chi connectivity index (χ1n) is 6.13. The normalized spacial score (nSPS) is 10.7. The molecule has 0 bridgehead atoms. The molecular formula is C14H18ClN3. The lowest BCUT2D eigenvalue weighted by molar-refractivity contribution is 0.715. The summed E-state index contributed by atoms with van der Waals surface area (Å²) < 4.78 is 2.31. The second-order valence-electron chi connectivity index (χ2n) is 4.34. The second kappa shape index (κ2) is 5.44. The van der Waals surface area contributed by atoms with Crippen LogP contribution >= 0.6 is 11.6 Å². The van der Waals surface area contributed by atoms with E-state index >= 15 is 0 Å². The van der Waals surface area contributed by atoms with E-state index in [4.69, 9.17) is 11.6 Å². The molecule has 2 aromatic rings. The van der Waals surface area contributed by atoms with Gasteiger partial charge in [0.1, 0.15) is 0 Å². The van der Waals surface area contributed by atoms with Crippen LogP contribution in [0.1, 0.15) is 23.9 Å². The number of pyridine rings is 1. The topological polar surface area (TPSA) is 29.9 Å². The Morgan fingerprint density at radius 2 is 2.17 bits per heavy atom. The molecule has 1 N–H and O–H groups in total. The molecule has 0 fully saturated rings. The summed E-state index contributed by atoms with van der Waals surface area (Å²) in [5.74, 6) is 0. The van der Waals surface area contributed by atoms with Crippen molar-refractivity contribution in [3.63, 3.8) is 0 Å². The molecule has 2 aromatic heterocycles. The van der Waals surface area contributed by atoms with Gasteiger partial charge in [0.05, 0.1) is 5.69 Å². The largest absolute Gasteiger partial charge is 0.378 e. The molecule has 0 saturated carbocycles. The Bertz CT molecular complexity index is 546. The van der Waals surface area contributed by atoms with Crippen molar-refractivity contribution in [1.29, 1.82) is 0 Å². The van der Waals surface area contributed by atoms with Gasteiger partial charge in [-0.05, 0) is 44.5 Å². The number of nitrogens with zero attached hydrogens (tertiary/aromatic N) is 2. The maximum Gasteiger partial charge on any atom is 0.152 e. The number of rotatable bonds is 4. The third-order valence-corrected chi connectivity index (χ3v) is 3.52. The molecule has 0 radical (unpaired) electrons. The lowest BCUT2D eigenvalue weighted by Gasteiger charge is -2.08. The van der Waals surface area contributed by atoms with Crippen molar-refractivity contribution < 1.29 is 0 Å². The van der Waals surface area contributed by atoms with Crippen LogP contribution < -0.4 is 5.32 Å². The number of halogens is 1. The maximum atomic E-state index is 6.02. The van der Waals surface area contributed by atoms with E-state index in [2.05, 4.69) is 41.7 Å². The Kier molecular flexibility index (Phi) is 3.92. The smallest absolute Gasteiger partial charge is 0.152 e. The van der Waals surface area contributed by atoms with E-state index in [0.29, 0.717) is 5.15 Å². The number of anilines is 1. The minimum Gasteiger partial charge on any atom is -0.378 e. The Morgan fingerprint density at radius 3 is 2.78 bits per heavy atom. The Hall–Kier alpha value is -1.48. The zero-order valence-electron chi connectivity index (χ0n) is 11.0. The highest BCUT2D eigenvalue weighted by Crippen LogP contribution is 2.20. The lowest BCUT2D eigenvalue weighted by Crippen LogP contribution is -2.03.